The van der Waals surface area contributed by atoms with Crippen LogP contribution in [0, 0.1) is 17.0 Å². The smallest absolute Gasteiger partial charge is 0.341 e. The summed E-state index contributed by atoms with van der Waals surface area (Å²) >= 11 is 19.0. The van der Waals surface area contributed by atoms with E-state index in [0.29, 0.717) is 10.4 Å². The second-order valence-electron chi connectivity index (χ2n) is 6.44. The molecule has 1 unspecified atom stereocenters. The van der Waals surface area contributed by atoms with Crippen molar-refractivity contribution in [2.45, 2.75) is 30.7 Å². The third kappa shape index (κ3) is 6.10. The summed E-state index contributed by atoms with van der Waals surface area (Å²) < 4.78 is 2.96. The van der Waals surface area contributed by atoms with Crippen molar-refractivity contribution in [3.63, 3.8) is 0 Å². The van der Waals surface area contributed by atoms with Gasteiger partial charge in [-0.25, -0.2) is 4.79 Å². The van der Waals surface area contributed by atoms with E-state index in [0.717, 1.165) is 17.4 Å². The van der Waals surface area contributed by atoms with Gasteiger partial charge in [0.05, 0.1) is 22.0 Å². The number of carbonyl (C=O) groups excluding carboxylic acids is 3. The molecule has 0 radical (unpaired) electrons. The highest BCUT2D eigenvalue weighted by atomic mass is 35.6. The van der Waals surface area contributed by atoms with Crippen molar-refractivity contribution in [2.24, 2.45) is 0 Å². The lowest BCUT2D eigenvalue weighted by Crippen LogP contribution is -2.49. The molecule has 0 aliphatic carbocycles. The monoisotopic (exact) mass is 521 g/mol. The van der Waals surface area contributed by atoms with E-state index in [1.807, 2.05) is 0 Å². The molecule has 1 atom stereocenters. The normalized spacial score (nSPS) is 12.1. The number of Topliss-reactive ketones (excluding diaryl/α,β-unsaturated/α-hetero) is 1. The van der Waals surface area contributed by atoms with Crippen LogP contribution >= 0.6 is 46.1 Å². The molecule has 0 saturated carbocycles. The van der Waals surface area contributed by atoms with Gasteiger partial charge in [0.25, 0.3) is 11.6 Å². The predicted molar refractivity (Wildman–Crippen MR) is 123 cm³/mol. The van der Waals surface area contributed by atoms with Crippen molar-refractivity contribution in [3.8, 4) is 0 Å². The zero-order valence-electron chi connectivity index (χ0n) is 17.0. The molecule has 2 N–H and O–H groups in total. The Labute approximate surface area is 202 Å². The van der Waals surface area contributed by atoms with E-state index in [1.54, 1.807) is 13.8 Å². The summed E-state index contributed by atoms with van der Waals surface area (Å²) in [5, 5.41) is 16.4. The van der Waals surface area contributed by atoms with Crippen LogP contribution in [-0.2, 0) is 4.74 Å². The van der Waals surface area contributed by atoms with E-state index in [2.05, 4.69) is 10.6 Å². The molecule has 1 amide bonds. The van der Waals surface area contributed by atoms with Gasteiger partial charge < -0.3 is 15.4 Å². The fourth-order valence-corrected chi connectivity index (χ4v) is 4.15. The molecule has 1 aromatic heterocycles. The highest BCUT2D eigenvalue weighted by molar-refractivity contribution is 7.18. The number of esters is 1. The third-order valence-electron chi connectivity index (χ3n) is 4.14. The Balaban J connectivity index is 2.42. The summed E-state index contributed by atoms with van der Waals surface area (Å²) in [6.45, 7) is 4.65. The van der Waals surface area contributed by atoms with Gasteiger partial charge >= 0.3 is 5.97 Å². The van der Waals surface area contributed by atoms with Crippen molar-refractivity contribution < 1.29 is 24.0 Å². The van der Waals surface area contributed by atoms with Crippen LogP contribution in [0.5, 0.6) is 0 Å². The quantitative estimate of drug-likeness (QED) is 0.126. The number of hydrogen-bond donors (Lipinski definition) is 2. The number of non-ortho nitro benzene ring substituents is 1. The van der Waals surface area contributed by atoms with Crippen LogP contribution in [0.25, 0.3) is 0 Å². The first-order chi connectivity index (χ1) is 14.9. The van der Waals surface area contributed by atoms with Crippen LogP contribution in [0.3, 0.4) is 0 Å². The van der Waals surface area contributed by atoms with Crippen LogP contribution in [0.1, 0.15) is 49.8 Å². The maximum atomic E-state index is 12.7. The number of benzene rings is 1. The SMILES string of the molecule is CCOC(=O)c1c(NC(NC(=O)c2cccc([N+](=O)[O-])c2)C(Cl)(Cl)Cl)sc(C(C)=O)c1C. The Kier molecular flexibility index (Phi) is 8.47. The van der Waals surface area contributed by atoms with Crippen LogP contribution in [0.15, 0.2) is 24.3 Å². The minimum atomic E-state index is -2.10. The summed E-state index contributed by atoms with van der Waals surface area (Å²) in [7, 11) is 0. The molecule has 0 bridgehead atoms. The maximum absolute atomic E-state index is 12.7. The lowest BCUT2D eigenvalue weighted by Gasteiger charge is -2.27. The number of nitro benzene ring substituents is 1. The number of ketones is 1. The second kappa shape index (κ2) is 10.5. The van der Waals surface area contributed by atoms with Gasteiger partial charge in [-0.05, 0) is 32.4 Å². The van der Waals surface area contributed by atoms with Crippen molar-refractivity contribution >= 4 is 74.5 Å². The summed E-state index contributed by atoms with van der Waals surface area (Å²) in [6, 6.07) is 4.99. The number of halogens is 3. The van der Waals surface area contributed by atoms with E-state index in [1.165, 1.54) is 25.1 Å². The minimum Gasteiger partial charge on any atom is -0.462 e. The minimum absolute atomic E-state index is 0.0438. The largest absolute Gasteiger partial charge is 0.462 e. The first-order valence-corrected chi connectivity index (χ1v) is 11.0. The number of rotatable bonds is 8. The summed E-state index contributed by atoms with van der Waals surface area (Å²) in [5.74, 6) is -1.74. The molecule has 9 nitrogen and oxygen atoms in total. The lowest BCUT2D eigenvalue weighted by atomic mass is 10.1. The number of nitrogens with zero attached hydrogens (tertiary/aromatic N) is 1. The lowest BCUT2D eigenvalue weighted by molar-refractivity contribution is -0.384. The van der Waals surface area contributed by atoms with Gasteiger partial charge in [0.2, 0.25) is 3.79 Å². The Morgan fingerprint density at radius 2 is 1.94 bits per heavy atom. The maximum Gasteiger partial charge on any atom is 0.341 e. The number of nitro groups is 1. The molecule has 0 spiro atoms. The number of nitrogens with one attached hydrogen (secondary N) is 2. The average Bonchev–Trinajstić information content (AvgIpc) is 3.03. The van der Waals surface area contributed by atoms with Gasteiger partial charge in [0.1, 0.15) is 11.2 Å². The van der Waals surface area contributed by atoms with Gasteiger partial charge in [-0.2, -0.15) is 0 Å². The van der Waals surface area contributed by atoms with E-state index >= 15 is 0 Å². The number of carbonyl (C=O) groups is 3. The first-order valence-electron chi connectivity index (χ1n) is 9.06. The Morgan fingerprint density at radius 3 is 2.47 bits per heavy atom. The van der Waals surface area contributed by atoms with Gasteiger partial charge in [0, 0.05) is 17.7 Å². The summed E-state index contributed by atoms with van der Waals surface area (Å²) in [6.07, 6.45) is -1.37. The number of thiophene rings is 1. The zero-order valence-corrected chi connectivity index (χ0v) is 20.1. The highest BCUT2D eigenvalue weighted by Gasteiger charge is 2.36. The first kappa shape index (κ1) is 25.9. The van der Waals surface area contributed by atoms with Crippen LogP contribution in [0.4, 0.5) is 10.7 Å². The second-order valence-corrected chi connectivity index (χ2v) is 9.83. The molecular formula is C19H18Cl3N3O6S. The van der Waals surface area contributed by atoms with Crippen LogP contribution in [-0.4, -0.2) is 39.1 Å². The van der Waals surface area contributed by atoms with E-state index in [4.69, 9.17) is 39.5 Å². The standard InChI is InChI=1S/C19H18Cl3N3O6S/c1-4-31-17(28)13-9(2)14(10(3)26)32-16(13)24-18(19(20,21)22)23-15(27)11-6-5-7-12(8-11)25(29)30/h5-8,18,24H,4H2,1-3H3,(H,23,27). The molecule has 13 heteroatoms. The molecular weight excluding hydrogens is 505 g/mol. The molecule has 2 rings (SSSR count). The Hall–Kier alpha value is -2.40. The topological polar surface area (TPSA) is 128 Å². The number of alkyl halides is 3. The molecule has 1 aromatic carbocycles. The zero-order chi connectivity index (χ0) is 24.2. The fourth-order valence-electron chi connectivity index (χ4n) is 2.71. The van der Waals surface area contributed by atoms with E-state index < -0.39 is 26.8 Å². The number of hydrogen-bond acceptors (Lipinski definition) is 8. The number of amides is 1. The van der Waals surface area contributed by atoms with Crippen molar-refractivity contribution in [1.29, 1.82) is 0 Å². The molecule has 0 saturated heterocycles. The van der Waals surface area contributed by atoms with Crippen molar-refractivity contribution in [3.05, 3.63) is 55.9 Å². The van der Waals surface area contributed by atoms with Gasteiger partial charge in [0.15, 0.2) is 5.78 Å². The summed E-state index contributed by atoms with van der Waals surface area (Å²) in [4.78, 5) is 47.7. The molecule has 1 heterocycles. The van der Waals surface area contributed by atoms with Crippen molar-refractivity contribution in [1.82, 2.24) is 5.32 Å². The van der Waals surface area contributed by atoms with Crippen LogP contribution < -0.4 is 10.6 Å². The van der Waals surface area contributed by atoms with Gasteiger partial charge in [-0.1, -0.05) is 40.9 Å². The van der Waals surface area contributed by atoms with Crippen molar-refractivity contribution in [2.75, 3.05) is 11.9 Å². The Bertz CT molecular complexity index is 1070. The molecule has 0 aliphatic heterocycles. The highest BCUT2D eigenvalue weighted by Crippen LogP contribution is 2.38. The van der Waals surface area contributed by atoms with E-state index in [9.17, 15) is 24.5 Å². The molecule has 172 valence electrons. The molecule has 2 aromatic rings. The molecule has 0 fully saturated rings. The van der Waals surface area contributed by atoms with Gasteiger partial charge in [-0.3, -0.25) is 19.7 Å². The number of ether oxygens (including phenoxy) is 1. The fraction of sp³-hybridized carbons (Fsp3) is 0.316. The van der Waals surface area contributed by atoms with Crippen LogP contribution in [0.2, 0.25) is 0 Å². The Morgan fingerprint density at radius 1 is 1.28 bits per heavy atom. The molecule has 32 heavy (non-hydrogen) atoms. The van der Waals surface area contributed by atoms with Gasteiger partial charge in [-0.15, -0.1) is 11.3 Å². The predicted octanol–water partition coefficient (Wildman–Crippen LogP) is 4.88. The number of anilines is 1. The van der Waals surface area contributed by atoms with E-state index in [-0.39, 0.29) is 34.2 Å². The molecule has 0 aliphatic rings. The summed E-state index contributed by atoms with van der Waals surface area (Å²) in [5.41, 5.74) is 0.126. The average molecular weight is 523 g/mol. The third-order valence-corrected chi connectivity index (χ3v) is 6.12.